The Bertz CT molecular complexity index is 1690. The Kier molecular flexibility index (Phi) is 8.43. The van der Waals surface area contributed by atoms with Crippen LogP contribution in [0.15, 0.2) is 18.3 Å². The minimum Gasteiger partial charge on any atom is -0.477 e. The fourth-order valence-corrected chi connectivity index (χ4v) is 7.64. The number of carbonyl (C=O) groups excluding carboxylic acids is 1. The molecule has 0 radical (unpaired) electrons. The molecule has 0 saturated carbocycles. The van der Waals surface area contributed by atoms with Crippen LogP contribution in [0.25, 0.3) is 11.2 Å². The number of nitrogens with one attached hydrogen (secondary N) is 1. The van der Waals surface area contributed by atoms with Gasteiger partial charge in [-0.15, -0.1) is 5.10 Å². The Morgan fingerprint density at radius 2 is 1.85 bits per heavy atom. The van der Waals surface area contributed by atoms with Crippen LogP contribution in [-0.4, -0.2) is 92.5 Å². The molecule has 14 heteroatoms. The smallest absolute Gasteiger partial charge is 0.407 e. The summed E-state index contributed by atoms with van der Waals surface area (Å²) in [4.78, 5) is 43.4. The van der Waals surface area contributed by atoms with Gasteiger partial charge in [0, 0.05) is 37.6 Å². The third-order valence-corrected chi connectivity index (χ3v) is 10.2. The monoisotopic (exact) mass is 662 g/mol. The van der Waals surface area contributed by atoms with Crippen LogP contribution in [0.3, 0.4) is 0 Å². The molecule has 0 aliphatic carbocycles. The van der Waals surface area contributed by atoms with Crippen molar-refractivity contribution in [1.29, 1.82) is 0 Å². The lowest BCUT2D eigenvalue weighted by molar-refractivity contribution is -0.0368. The first kappa shape index (κ1) is 32.5. The summed E-state index contributed by atoms with van der Waals surface area (Å²) in [6.45, 7) is 13.1. The van der Waals surface area contributed by atoms with Crippen LogP contribution in [0.2, 0.25) is 0 Å². The molecule has 3 aromatic heterocycles. The lowest BCUT2D eigenvalue weighted by Gasteiger charge is -2.42. The summed E-state index contributed by atoms with van der Waals surface area (Å²) in [5.74, 6) is 0.503. The van der Waals surface area contributed by atoms with Crippen LogP contribution in [0, 0.1) is 5.41 Å². The zero-order valence-corrected chi connectivity index (χ0v) is 28.4. The van der Waals surface area contributed by atoms with Crippen molar-refractivity contribution in [2.75, 3.05) is 42.6 Å². The molecule has 3 fully saturated rings. The van der Waals surface area contributed by atoms with Gasteiger partial charge in [0.25, 0.3) is 0 Å². The van der Waals surface area contributed by atoms with Crippen molar-refractivity contribution in [1.82, 2.24) is 30.0 Å². The number of amides is 1. The minimum atomic E-state index is -1.04. The van der Waals surface area contributed by atoms with Crippen molar-refractivity contribution in [3.8, 4) is 0 Å². The summed E-state index contributed by atoms with van der Waals surface area (Å²) in [6, 6.07) is 3.23. The van der Waals surface area contributed by atoms with Gasteiger partial charge >= 0.3 is 12.1 Å². The third-order valence-electron chi connectivity index (χ3n) is 10.2. The first-order valence-electron chi connectivity index (χ1n) is 17.2. The number of anilines is 3. The van der Waals surface area contributed by atoms with Crippen LogP contribution in [0.4, 0.5) is 22.1 Å². The highest BCUT2D eigenvalue weighted by Gasteiger charge is 2.50. The van der Waals surface area contributed by atoms with E-state index in [-0.39, 0.29) is 35.4 Å². The zero-order chi connectivity index (χ0) is 33.8. The SMILES string of the molecule is C[C@@H]1CCN(c2nn(C3CCCCO3)c3nc(N4CCC5(CC4)CO[C@@H](C)[C@H]5NC(=O)OC(C)(C)C)cnc23)c2ccc(C(=O)O)nc21. The van der Waals surface area contributed by atoms with Crippen LogP contribution in [0.5, 0.6) is 0 Å². The second-order valence-corrected chi connectivity index (χ2v) is 14.7. The Hall–Kier alpha value is -4.04. The van der Waals surface area contributed by atoms with Gasteiger partial charge in [0.2, 0.25) is 0 Å². The minimum absolute atomic E-state index is 0.0340. The molecule has 1 unspecified atom stereocenters. The van der Waals surface area contributed by atoms with Crippen LogP contribution in [-0.2, 0) is 14.2 Å². The highest BCUT2D eigenvalue weighted by Crippen LogP contribution is 2.44. The number of carboxylic acids is 1. The van der Waals surface area contributed by atoms with Crippen molar-refractivity contribution >= 4 is 40.5 Å². The van der Waals surface area contributed by atoms with Crippen molar-refractivity contribution in [3.63, 3.8) is 0 Å². The molecule has 0 bridgehead atoms. The van der Waals surface area contributed by atoms with Gasteiger partial charge in [-0.25, -0.2) is 29.2 Å². The first-order valence-corrected chi connectivity index (χ1v) is 17.2. The number of carboxylic acid groups (broad SMARTS) is 1. The fraction of sp³-hybridized carbons (Fsp3) is 0.647. The number of nitrogens with zero attached hydrogens (tertiary/aromatic N) is 7. The molecule has 14 nitrogen and oxygen atoms in total. The van der Waals surface area contributed by atoms with E-state index in [4.69, 9.17) is 29.3 Å². The van der Waals surface area contributed by atoms with E-state index >= 15 is 0 Å². The molecular weight excluding hydrogens is 616 g/mol. The normalized spacial score (nSPS) is 25.7. The van der Waals surface area contributed by atoms with Gasteiger partial charge in [0.1, 0.15) is 17.1 Å². The van der Waals surface area contributed by atoms with Crippen LogP contribution >= 0.6 is 0 Å². The van der Waals surface area contributed by atoms with E-state index in [1.165, 1.54) is 0 Å². The summed E-state index contributed by atoms with van der Waals surface area (Å²) in [5, 5.41) is 17.8. The van der Waals surface area contributed by atoms with Gasteiger partial charge < -0.3 is 34.4 Å². The maximum Gasteiger partial charge on any atom is 0.407 e. The molecule has 3 saturated heterocycles. The zero-order valence-electron chi connectivity index (χ0n) is 28.4. The predicted molar refractivity (Wildman–Crippen MR) is 178 cm³/mol. The molecular formula is C34H46N8O6. The highest BCUT2D eigenvalue weighted by molar-refractivity contribution is 5.90. The van der Waals surface area contributed by atoms with E-state index in [9.17, 15) is 14.7 Å². The van der Waals surface area contributed by atoms with E-state index in [1.54, 1.807) is 6.07 Å². The van der Waals surface area contributed by atoms with Gasteiger partial charge in [-0.05, 0) is 78.4 Å². The average Bonchev–Trinajstić information content (AvgIpc) is 3.58. The number of carbonyl (C=O) groups is 2. The fourth-order valence-electron chi connectivity index (χ4n) is 7.64. The third kappa shape index (κ3) is 6.04. The van der Waals surface area contributed by atoms with Crippen molar-refractivity contribution < 1.29 is 28.9 Å². The molecule has 4 atom stereocenters. The number of pyridine rings is 1. The van der Waals surface area contributed by atoms with Gasteiger partial charge in [0.15, 0.2) is 23.2 Å². The summed E-state index contributed by atoms with van der Waals surface area (Å²) < 4.78 is 19.8. The molecule has 7 rings (SSSR count). The molecule has 2 N–H and O–H groups in total. The van der Waals surface area contributed by atoms with E-state index in [2.05, 4.69) is 27.0 Å². The van der Waals surface area contributed by atoms with Gasteiger partial charge in [-0.3, -0.25) is 0 Å². The van der Waals surface area contributed by atoms with Crippen LogP contribution < -0.4 is 15.1 Å². The van der Waals surface area contributed by atoms with Gasteiger partial charge in [-0.1, -0.05) is 6.92 Å². The molecule has 7 heterocycles. The molecule has 1 amide bonds. The Labute approximate surface area is 280 Å². The number of hydrogen-bond donors (Lipinski definition) is 2. The number of hydrogen-bond acceptors (Lipinski definition) is 11. The van der Waals surface area contributed by atoms with Crippen molar-refractivity contribution in [2.45, 2.75) is 103 Å². The Balaban J connectivity index is 1.18. The number of rotatable bonds is 5. The first-order chi connectivity index (χ1) is 22.9. The number of fused-ring (bicyclic) bond motifs is 2. The molecule has 48 heavy (non-hydrogen) atoms. The molecule has 258 valence electrons. The van der Waals surface area contributed by atoms with Crippen molar-refractivity contribution in [3.05, 3.63) is 29.7 Å². The number of piperidine rings is 1. The topological polar surface area (TPSA) is 157 Å². The van der Waals surface area contributed by atoms with Gasteiger partial charge in [-0.2, -0.15) is 0 Å². The van der Waals surface area contributed by atoms with Gasteiger partial charge in [0.05, 0.1) is 36.3 Å². The van der Waals surface area contributed by atoms with E-state index in [0.717, 1.165) is 68.8 Å². The average molecular weight is 663 g/mol. The van der Waals surface area contributed by atoms with E-state index < -0.39 is 17.7 Å². The molecule has 4 aliphatic heterocycles. The summed E-state index contributed by atoms with van der Waals surface area (Å²) in [6.07, 6.45) is 6.35. The second kappa shape index (κ2) is 12.4. The quantitative estimate of drug-likeness (QED) is 0.370. The Morgan fingerprint density at radius 1 is 1.06 bits per heavy atom. The second-order valence-electron chi connectivity index (χ2n) is 14.7. The standard InChI is InChI=1S/C34H46N8O6/c1-20-11-14-41(23-10-9-22(31(43)44)36-26(20)23)30-27-29(42(39-30)25-8-6-7-17-46-25)37-24(18-35-27)40-15-12-34(13-16-40)19-47-21(2)28(34)38-32(45)48-33(3,4)5/h9-10,18,20-21,25,28H,6-8,11-17,19H2,1-5H3,(H,38,45)(H,43,44)/t20-,21+,25?,28-/m1/s1. The maximum absolute atomic E-state index is 12.7. The predicted octanol–water partition coefficient (Wildman–Crippen LogP) is 5.16. The lowest BCUT2D eigenvalue weighted by Crippen LogP contribution is -2.55. The number of aromatic nitrogens is 5. The number of alkyl carbamates (subject to hydrolysis) is 1. The summed E-state index contributed by atoms with van der Waals surface area (Å²) in [5.41, 5.74) is 2.18. The van der Waals surface area contributed by atoms with Crippen molar-refractivity contribution in [2.24, 2.45) is 5.41 Å². The molecule has 3 aromatic rings. The summed E-state index contributed by atoms with van der Waals surface area (Å²) >= 11 is 0. The summed E-state index contributed by atoms with van der Waals surface area (Å²) in [7, 11) is 0. The largest absolute Gasteiger partial charge is 0.477 e. The molecule has 1 spiro atoms. The molecule has 0 aromatic carbocycles. The number of ether oxygens (including phenoxy) is 3. The Morgan fingerprint density at radius 3 is 2.56 bits per heavy atom. The lowest BCUT2D eigenvalue weighted by atomic mass is 9.73. The highest BCUT2D eigenvalue weighted by atomic mass is 16.6. The van der Waals surface area contributed by atoms with E-state index in [0.29, 0.717) is 36.7 Å². The molecule has 4 aliphatic rings. The van der Waals surface area contributed by atoms with Crippen LogP contribution in [0.1, 0.15) is 101 Å². The maximum atomic E-state index is 12.7. The van der Waals surface area contributed by atoms with E-state index in [1.807, 2.05) is 44.6 Å². The number of aromatic carboxylic acids is 1.